The predicted molar refractivity (Wildman–Crippen MR) is 87.4 cm³/mol. The first-order valence-electron chi connectivity index (χ1n) is 6.64. The number of thiazole rings is 1. The van der Waals surface area contributed by atoms with Crippen molar-refractivity contribution in [2.45, 2.75) is 32.9 Å². The van der Waals surface area contributed by atoms with Crippen LogP contribution >= 0.6 is 27.3 Å². The van der Waals surface area contributed by atoms with E-state index in [0.717, 1.165) is 23.2 Å². The first kappa shape index (κ1) is 15.5. The predicted octanol–water partition coefficient (Wildman–Crippen LogP) is 4.33. The van der Waals surface area contributed by atoms with Gasteiger partial charge in [-0.2, -0.15) is 0 Å². The van der Waals surface area contributed by atoms with Gasteiger partial charge in [-0.05, 0) is 47.0 Å². The number of rotatable bonds is 6. The van der Waals surface area contributed by atoms with Crippen LogP contribution in [0, 0.1) is 0 Å². The zero-order chi connectivity index (χ0) is 14.5. The fourth-order valence-corrected chi connectivity index (χ4v) is 3.29. The molecule has 1 atom stereocenters. The summed E-state index contributed by atoms with van der Waals surface area (Å²) >= 11 is 5.30. The molecule has 0 aliphatic carbocycles. The lowest BCUT2D eigenvalue weighted by molar-refractivity contribution is 0.411. The molecule has 5 heteroatoms. The summed E-state index contributed by atoms with van der Waals surface area (Å²) in [6, 6.07) is 6.45. The number of nitrogens with zero attached hydrogens (tertiary/aromatic N) is 1. The monoisotopic (exact) mass is 354 g/mol. The van der Waals surface area contributed by atoms with E-state index in [0.29, 0.717) is 0 Å². The Labute approximate surface area is 132 Å². The van der Waals surface area contributed by atoms with Crippen molar-refractivity contribution in [1.29, 1.82) is 0 Å². The number of nitrogens with one attached hydrogen (secondary N) is 1. The Morgan fingerprint density at radius 3 is 2.85 bits per heavy atom. The molecule has 0 aliphatic rings. The van der Waals surface area contributed by atoms with Crippen LogP contribution in [0.2, 0.25) is 0 Å². The average Bonchev–Trinajstić information content (AvgIpc) is 2.92. The Kier molecular flexibility index (Phi) is 5.57. The average molecular weight is 355 g/mol. The van der Waals surface area contributed by atoms with E-state index < -0.39 is 0 Å². The largest absolute Gasteiger partial charge is 0.496 e. The van der Waals surface area contributed by atoms with Gasteiger partial charge in [-0.1, -0.05) is 13.0 Å². The molecule has 0 fully saturated rings. The maximum atomic E-state index is 5.25. The fraction of sp³-hybridized carbons (Fsp3) is 0.400. The SMILES string of the molecule is CCc1ncc(CNC(C)c2ccc(OC)c(Br)c2)s1. The fourth-order valence-electron chi connectivity index (χ4n) is 1.92. The van der Waals surface area contributed by atoms with E-state index in [9.17, 15) is 0 Å². The summed E-state index contributed by atoms with van der Waals surface area (Å²) in [5.41, 5.74) is 1.23. The Balaban J connectivity index is 1.97. The number of hydrogen-bond acceptors (Lipinski definition) is 4. The summed E-state index contributed by atoms with van der Waals surface area (Å²) < 4.78 is 6.23. The third-order valence-electron chi connectivity index (χ3n) is 3.16. The van der Waals surface area contributed by atoms with E-state index in [4.69, 9.17) is 4.74 Å². The molecule has 1 N–H and O–H groups in total. The normalized spacial score (nSPS) is 12.4. The van der Waals surface area contributed by atoms with Gasteiger partial charge >= 0.3 is 0 Å². The summed E-state index contributed by atoms with van der Waals surface area (Å²) in [6.07, 6.45) is 2.97. The molecule has 20 heavy (non-hydrogen) atoms. The topological polar surface area (TPSA) is 34.2 Å². The van der Waals surface area contributed by atoms with Crippen molar-refractivity contribution in [2.75, 3.05) is 7.11 Å². The minimum absolute atomic E-state index is 0.282. The van der Waals surface area contributed by atoms with Crippen molar-refractivity contribution in [3.8, 4) is 5.75 Å². The zero-order valence-electron chi connectivity index (χ0n) is 11.9. The van der Waals surface area contributed by atoms with Gasteiger partial charge in [0, 0.05) is 23.7 Å². The highest BCUT2D eigenvalue weighted by Gasteiger charge is 2.09. The lowest BCUT2D eigenvalue weighted by atomic mass is 10.1. The molecule has 2 aromatic rings. The van der Waals surface area contributed by atoms with Crippen LogP contribution in [0.4, 0.5) is 0 Å². The van der Waals surface area contributed by atoms with E-state index in [2.05, 4.69) is 52.2 Å². The summed E-state index contributed by atoms with van der Waals surface area (Å²) in [6.45, 7) is 5.14. The van der Waals surface area contributed by atoms with Gasteiger partial charge < -0.3 is 10.1 Å². The molecular weight excluding hydrogens is 336 g/mol. The first-order valence-corrected chi connectivity index (χ1v) is 8.25. The molecule has 3 nitrogen and oxygen atoms in total. The summed E-state index contributed by atoms with van der Waals surface area (Å²) in [5.74, 6) is 0.857. The van der Waals surface area contributed by atoms with Crippen LogP contribution in [-0.2, 0) is 13.0 Å². The molecule has 1 aromatic carbocycles. The highest BCUT2D eigenvalue weighted by atomic mass is 79.9. The third-order valence-corrected chi connectivity index (χ3v) is 4.92. The van der Waals surface area contributed by atoms with Gasteiger partial charge in [0.25, 0.3) is 0 Å². The molecule has 0 saturated heterocycles. The molecule has 0 amide bonds. The van der Waals surface area contributed by atoms with Crippen LogP contribution in [0.3, 0.4) is 0 Å². The minimum atomic E-state index is 0.282. The van der Waals surface area contributed by atoms with E-state index in [-0.39, 0.29) is 6.04 Å². The van der Waals surface area contributed by atoms with Gasteiger partial charge in [-0.15, -0.1) is 11.3 Å². The zero-order valence-corrected chi connectivity index (χ0v) is 14.3. The highest BCUT2D eigenvalue weighted by Crippen LogP contribution is 2.28. The quantitative estimate of drug-likeness (QED) is 0.838. The number of aryl methyl sites for hydroxylation is 1. The molecule has 0 spiro atoms. The molecule has 2 rings (SSSR count). The van der Waals surface area contributed by atoms with E-state index in [1.807, 2.05) is 12.3 Å². The van der Waals surface area contributed by atoms with Crippen molar-refractivity contribution in [1.82, 2.24) is 10.3 Å². The Bertz CT molecular complexity index is 571. The van der Waals surface area contributed by atoms with E-state index in [1.54, 1.807) is 18.4 Å². The van der Waals surface area contributed by atoms with Crippen LogP contribution in [0.5, 0.6) is 5.75 Å². The summed E-state index contributed by atoms with van der Waals surface area (Å²) in [4.78, 5) is 5.66. The van der Waals surface area contributed by atoms with E-state index >= 15 is 0 Å². The molecule has 1 unspecified atom stereocenters. The Morgan fingerprint density at radius 1 is 1.45 bits per heavy atom. The van der Waals surface area contributed by atoms with Gasteiger partial charge in [0.2, 0.25) is 0 Å². The second kappa shape index (κ2) is 7.20. The van der Waals surface area contributed by atoms with Crippen LogP contribution in [0.1, 0.15) is 35.3 Å². The van der Waals surface area contributed by atoms with Gasteiger partial charge in [-0.25, -0.2) is 4.98 Å². The number of halogens is 1. The Hall–Kier alpha value is -0.910. The molecule has 0 saturated carbocycles. The standard InChI is InChI=1S/C15H19BrN2OS/c1-4-15-18-9-12(20-15)8-17-10(2)11-5-6-14(19-3)13(16)7-11/h5-7,9-10,17H,4,8H2,1-3H3. The van der Waals surface area contributed by atoms with Crippen LogP contribution in [0.15, 0.2) is 28.9 Å². The molecule has 0 bridgehead atoms. The van der Waals surface area contributed by atoms with Crippen LogP contribution < -0.4 is 10.1 Å². The number of aromatic nitrogens is 1. The van der Waals surface area contributed by atoms with Crippen molar-refractivity contribution >= 4 is 27.3 Å². The van der Waals surface area contributed by atoms with Crippen molar-refractivity contribution in [2.24, 2.45) is 0 Å². The molecule has 1 aromatic heterocycles. The van der Waals surface area contributed by atoms with Crippen LogP contribution in [-0.4, -0.2) is 12.1 Å². The summed E-state index contributed by atoms with van der Waals surface area (Å²) in [7, 11) is 1.68. The molecule has 108 valence electrons. The molecule has 1 heterocycles. The van der Waals surface area contributed by atoms with Gasteiger partial charge in [0.05, 0.1) is 16.6 Å². The van der Waals surface area contributed by atoms with Crippen molar-refractivity contribution in [3.63, 3.8) is 0 Å². The van der Waals surface area contributed by atoms with Gasteiger partial charge in [0.15, 0.2) is 0 Å². The Morgan fingerprint density at radius 2 is 2.25 bits per heavy atom. The van der Waals surface area contributed by atoms with Crippen molar-refractivity contribution < 1.29 is 4.74 Å². The second-order valence-electron chi connectivity index (χ2n) is 4.57. The maximum Gasteiger partial charge on any atom is 0.133 e. The van der Waals surface area contributed by atoms with E-state index in [1.165, 1.54) is 15.4 Å². The third kappa shape index (κ3) is 3.81. The number of hydrogen-bond donors (Lipinski definition) is 1. The highest BCUT2D eigenvalue weighted by molar-refractivity contribution is 9.10. The molecule has 0 aliphatic heterocycles. The summed E-state index contributed by atoms with van der Waals surface area (Å²) in [5, 5.41) is 4.72. The smallest absolute Gasteiger partial charge is 0.133 e. The number of methoxy groups -OCH3 is 1. The number of ether oxygens (including phenoxy) is 1. The number of benzene rings is 1. The first-order chi connectivity index (χ1) is 9.63. The van der Waals surface area contributed by atoms with Gasteiger partial charge in [0.1, 0.15) is 5.75 Å². The lowest BCUT2D eigenvalue weighted by Gasteiger charge is -2.15. The van der Waals surface area contributed by atoms with Gasteiger partial charge in [-0.3, -0.25) is 0 Å². The molecule has 0 radical (unpaired) electrons. The minimum Gasteiger partial charge on any atom is -0.496 e. The molecular formula is C15H19BrN2OS. The maximum absolute atomic E-state index is 5.25. The van der Waals surface area contributed by atoms with Crippen molar-refractivity contribution in [3.05, 3.63) is 44.3 Å². The van der Waals surface area contributed by atoms with Crippen LogP contribution in [0.25, 0.3) is 0 Å². The lowest BCUT2D eigenvalue weighted by Crippen LogP contribution is -2.17. The second-order valence-corrected chi connectivity index (χ2v) is 6.62.